The van der Waals surface area contributed by atoms with Crippen LogP contribution in [0.2, 0.25) is 0 Å². The molecule has 9 N–H and O–H groups in total. The number of carboxylic acid groups (broad SMARTS) is 2. The molecule has 32 heavy (non-hydrogen) atoms. The zero-order chi connectivity index (χ0) is 23.3. The molecule has 2 aromatic carbocycles. The number of carbonyl (C=O) groups is 2. The fourth-order valence-electron chi connectivity index (χ4n) is 3.37. The normalized spacial score (nSPS) is 12.8. The molecule has 2 heterocycles. The molecule has 0 unspecified atom stereocenters. The Hall–Kier alpha value is -3.86. The minimum absolute atomic E-state index is 0.150. The second-order valence-corrected chi connectivity index (χ2v) is 7.28. The van der Waals surface area contributed by atoms with Crippen LogP contribution in [0.5, 0.6) is 5.75 Å². The molecule has 0 radical (unpaired) electrons. The van der Waals surface area contributed by atoms with Crippen molar-refractivity contribution in [2.24, 2.45) is 5.73 Å². The first-order valence-electron chi connectivity index (χ1n) is 9.75. The number of fused-ring (bicyclic) bond motifs is 2. The van der Waals surface area contributed by atoms with Crippen molar-refractivity contribution in [2.75, 3.05) is 0 Å². The number of nitrogens with two attached hydrogens (primary N) is 1. The maximum Gasteiger partial charge on any atom is 0.323 e. The summed E-state index contributed by atoms with van der Waals surface area (Å²) in [4.78, 5) is 27.5. The van der Waals surface area contributed by atoms with Crippen LogP contribution in [0, 0.1) is 0 Å². The predicted molar refractivity (Wildman–Crippen MR) is 118 cm³/mol. The summed E-state index contributed by atoms with van der Waals surface area (Å²) in [6.45, 7) is 0. The molecule has 10 nitrogen and oxygen atoms in total. The van der Waals surface area contributed by atoms with Crippen molar-refractivity contribution in [3.05, 3.63) is 66.0 Å². The third-order valence-electron chi connectivity index (χ3n) is 5.06. The predicted octanol–water partition coefficient (Wildman–Crippen LogP) is 1.97. The lowest BCUT2D eigenvalue weighted by atomic mass is 10.1. The van der Waals surface area contributed by atoms with E-state index >= 15 is 0 Å². The number of hydrogen-bond donors (Lipinski definition) is 8. The molecule has 4 rings (SSSR count). The number of aromatic nitrogens is 2. The van der Waals surface area contributed by atoms with E-state index in [1.165, 1.54) is 0 Å². The molecule has 168 valence electrons. The van der Waals surface area contributed by atoms with Gasteiger partial charge in [0.05, 0.1) is 0 Å². The number of nitrogens with one attached hydrogen (secondary N) is 3. The van der Waals surface area contributed by atoms with E-state index in [4.69, 9.17) is 21.2 Å². The summed E-state index contributed by atoms with van der Waals surface area (Å²) in [5, 5.41) is 37.4. The van der Waals surface area contributed by atoms with E-state index < -0.39 is 24.0 Å². The highest BCUT2D eigenvalue weighted by Gasteiger charge is 2.18. The summed E-state index contributed by atoms with van der Waals surface area (Å²) in [6, 6.07) is 10.6. The van der Waals surface area contributed by atoms with Crippen LogP contribution in [-0.4, -0.2) is 54.5 Å². The van der Waals surface area contributed by atoms with Gasteiger partial charge in [0.25, 0.3) is 0 Å². The van der Waals surface area contributed by atoms with Crippen molar-refractivity contribution in [3.63, 3.8) is 0 Å². The SMILES string of the molecule is N[C@@H](Cc1c[nH]c2ccc(O)cc12)C(=O)O.O=C(O)[C@H](Cc1c[nH]c2ccccc12)NO. The average Bonchev–Trinajstić information content (AvgIpc) is 3.36. The van der Waals surface area contributed by atoms with Gasteiger partial charge in [0.15, 0.2) is 0 Å². The Morgan fingerprint density at radius 2 is 1.53 bits per heavy atom. The summed E-state index contributed by atoms with van der Waals surface area (Å²) in [5.74, 6) is -1.96. The number of aliphatic carboxylic acids is 2. The molecule has 4 aromatic rings. The van der Waals surface area contributed by atoms with Crippen LogP contribution in [0.15, 0.2) is 54.9 Å². The Morgan fingerprint density at radius 1 is 0.906 bits per heavy atom. The second kappa shape index (κ2) is 9.96. The van der Waals surface area contributed by atoms with E-state index in [1.807, 2.05) is 24.3 Å². The van der Waals surface area contributed by atoms with Crippen LogP contribution in [0.3, 0.4) is 0 Å². The summed E-state index contributed by atoms with van der Waals surface area (Å²) >= 11 is 0. The number of H-pyrrole nitrogens is 2. The lowest BCUT2D eigenvalue weighted by Crippen LogP contribution is -2.36. The maximum atomic E-state index is 10.8. The van der Waals surface area contributed by atoms with Crippen LogP contribution < -0.4 is 11.2 Å². The lowest BCUT2D eigenvalue weighted by Gasteiger charge is -2.08. The van der Waals surface area contributed by atoms with Gasteiger partial charge in [0, 0.05) is 47.0 Å². The van der Waals surface area contributed by atoms with Gasteiger partial charge in [-0.15, -0.1) is 0 Å². The highest BCUT2D eigenvalue weighted by molar-refractivity contribution is 5.86. The number of benzene rings is 2. The fraction of sp³-hybridized carbons (Fsp3) is 0.182. The Labute approximate surface area is 182 Å². The van der Waals surface area contributed by atoms with Gasteiger partial charge in [0.1, 0.15) is 17.8 Å². The number of para-hydroxylation sites is 1. The summed E-state index contributed by atoms with van der Waals surface area (Å²) in [6.07, 6.45) is 3.94. The minimum Gasteiger partial charge on any atom is -0.508 e. The molecule has 0 aliphatic rings. The van der Waals surface area contributed by atoms with E-state index in [1.54, 1.807) is 36.1 Å². The van der Waals surface area contributed by atoms with Gasteiger partial charge in [0.2, 0.25) is 0 Å². The molecule has 0 aliphatic heterocycles. The Morgan fingerprint density at radius 3 is 2.16 bits per heavy atom. The monoisotopic (exact) mass is 440 g/mol. The Bertz CT molecular complexity index is 1230. The van der Waals surface area contributed by atoms with Crippen molar-refractivity contribution in [1.29, 1.82) is 0 Å². The number of aromatic hydroxyl groups is 1. The van der Waals surface area contributed by atoms with E-state index in [0.29, 0.717) is 0 Å². The number of hydrogen-bond acceptors (Lipinski definition) is 6. The zero-order valence-electron chi connectivity index (χ0n) is 16.9. The Balaban J connectivity index is 0.000000181. The molecular weight excluding hydrogens is 416 g/mol. The molecule has 0 amide bonds. The smallest absolute Gasteiger partial charge is 0.323 e. The van der Waals surface area contributed by atoms with Crippen molar-refractivity contribution in [3.8, 4) is 5.75 Å². The van der Waals surface area contributed by atoms with E-state index in [0.717, 1.165) is 32.9 Å². The van der Waals surface area contributed by atoms with E-state index in [-0.39, 0.29) is 18.6 Å². The first kappa shape index (κ1) is 22.8. The molecule has 10 heteroatoms. The summed E-state index contributed by atoms with van der Waals surface area (Å²) in [7, 11) is 0. The van der Waals surface area contributed by atoms with E-state index in [9.17, 15) is 14.7 Å². The first-order chi connectivity index (χ1) is 15.3. The molecule has 0 saturated heterocycles. The number of phenols is 1. The largest absolute Gasteiger partial charge is 0.508 e. The zero-order valence-corrected chi connectivity index (χ0v) is 16.9. The van der Waals surface area contributed by atoms with Crippen molar-refractivity contribution >= 4 is 33.7 Å². The molecule has 0 aliphatic carbocycles. The van der Waals surface area contributed by atoms with Crippen LogP contribution in [0.1, 0.15) is 11.1 Å². The highest BCUT2D eigenvalue weighted by Crippen LogP contribution is 2.23. The molecule has 0 bridgehead atoms. The average molecular weight is 440 g/mol. The third-order valence-corrected chi connectivity index (χ3v) is 5.06. The van der Waals surface area contributed by atoms with Gasteiger partial charge in [-0.3, -0.25) is 9.59 Å². The van der Waals surface area contributed by atoms with E-state index in [2.05, 4.69) is 9.97 Å². The van der Waals surface area contributed by atoms with Crippen LogP contribution >= 0.6 is 0 Å². The van der Waals surface area contributed by atoms with Gasteiger partial charge in [-0.1, -0.05) is 18.2 Å². The number of aromatic amines is 2. The second-order valence-electron chi connectivity index (χ2n) is 7.28. The van der Waals surface area contributed by atoms with Crippen LogP contribution in [0.4, 0.5) is 0 Å². The number of rotatable bonds is 7. The molecule has 0 saturated carbocycles. The molecular formula is C22H24N4O6. The first-order valence-corrected chi connectivity index (χ1v) is 9.75. The van der Waals surface area contributed by atoms with Gasteiger partial charge in [-0.05, 0) is 35.4 Å². The van der Waals surface area contributed by atoms with Crippen LogP contribution in [-0.2, 0) is 22.4 Å². The number of carboxylic acids is 2. The molecule has 0 spiro atoms. The van der Waals surface area contributed by atoms with Crippen LogP contribution in [0.25, 0.3) is 21.8 Å². The fourth-order valence-corrected chi connectivity index (χ4v) is 3.37. The van der Waals surface area contributed by atoms with Gasteiger partial charge in [-0.2, -0.15) is 5.48 Å². The maximum absolute atomic E-state index is 10.8. The van der Waals surface area contributed by atoms with Crippen molar-refractivity contribution in [1.82, 2.24) is 15.4 Å². The number of hydroxylamine groups is 1. The highest BCUT2D eigenvalue weighted by atomic mass is 16.5. The molecule has 2 aromatic heterocycles. The van der Waals surface area contributed by atoms with Gasteiger partial charge >= 0.3 is 11.9 Å². The van der Waals surface area contributed by atoms with Crippen molar-refractivity contribution in [2.45, 2.75) is 24.9 Å². The number of phenolic OH excluding ortho intramolecular Hbond substituents is 1. The third kappa shape index (κ3) is 5.24. The lowest BCUT2D eigenvalue weighted by molar-refractivity contribution is -0.142. The summed E-state index contributed by atoms with van der Waals surface area (Å²) in [5.41, 5.74) is 10.7. The molecule has 2 atom stereocenters. The van der Waals surface area contributed by atoms with Gasteiger partial charge < -0.3 is 36.2 Å². The minimum atomic E-state index is -1.08. The quantitative estimate of drug-likeness (QED) is 0.200. The van der Waals surface area contributed by atoms with Crippen molar-refractivity contribution < 1.29 is 30.1 Å². The topological polar surface area (TPSA) is 185 Å². The standard InChI is InChI=1S/2C11H12N2O3/c12-9(11(15)16)3-6-5-13-10-2-1-7(14)4-8(6)10;14-11(15)10(13-16)5-7-6-12-9-4-2-1-3-8(7)9/h1-2,4-5,9,13-14H,3,12H2,(H,15,16);1-4,6,10,12-13,16H,5H2,(H,14,15)/t9-;10-/m00/s1. The molecule has 0 fully saturated rings. The summed E-state index contributed by atoms with van der Waals surface area (Å²) < 4.78 is 0. The Kier molecular flexibility index (Phi) is 7.11. The van der Waals surface area contributed by atoms with Gasteiger partial charge in [-0.25, -0.2) is 0 Å².